The highest BCUT2D eigenvalue weighted by Crippen LogP contribution is 2.23. The van der Waals surface area contributed by atoms with Gasteiger partial charge in [-0.2, -0.15) is 0 Å². The zero-order valence-electron chi connectivity index (χ0n) is 15.5. The lowest BCUT2D eigenvalue weighted by Crippen LogP contribution is -2.38. The molecule has 3 heterocycles. The van der Waals surface area contributed by atoms with Crippen LogP contribution in [0.4, 0.5) is 0 Å². The van der Waals surface area contributed by atoms with E-state index in [2.05, 4.69) is 5.32 Å². The molecule has 1 saturated heterocycles. The number of ether oxygens (including phenoxy) is 1. The van der Waals surface area contributed by atoms with Gasteiger partial charge in [-0.25, -0.2) is 9.59 Å². The van der Waals surface area contributed by atoms with Gasteiger partial charge in [0, 0.05) is 13.1 Å². The van der Waals surface area contributed by atoms with Gasteiger partial charge in [-0.1, -0.05) is 30.3 Å². The summed E-state index contributed by atoms with van der Waals surface area (Å²) in [5.74, 6) is -0.462. The van der Waals surface area contributed by atoms with Gasteiger partial charge in [-0.3, -0.25) is 13.9 Å². The van der Waals surface area contributed by atoms with E-state index in [1.807, 2.05) is 30.3 Å². The molecule has 0 radical (unpaired) electrons. The van der Waals surface area contributed by atoms with Crippen LogP contribution in [0.5, 0.6) is 0 Å². The van der Waals surface area contributed by atoms with Crippen molar-refractivity contribution in [3.05, 3.63) is 67.7 Å². The fourth-order valence-corrected chi connectivity index (χ4v) is 4.43. The molecule has 28 heavy (non-hydrogen) atoms. The molecular formula is C20H21N3O4S. The Morgan fingerprint density at radius 1 is 1.29 bits per heavy atom. The fraction of sp³-hybridized carbons (Fsp3) is 0.350. The van der Waals surface area contributed by atoms with Crippen molar-refractivity contribution in [2.75, 3.05) is 13.2 Å². The van der Waals surface area contributed by atoms with Crippen LogP contribution in [0.1, 0.15) is 28.1 Å². The van der Waals surface area contributed by atoms with Crippen molar-refractivity contribution in [1.82, 2.24) is 14.5 Å². The van der Waals surface area contributed by atoms with E-state index in [-0.39, 0.29) is 12.6 Å². The number of hydrogen-bond donors (Lipinski definition) is 1. The van der Waals surface area contributed by atoms with E-state index in [1.165, 1.54) is 15.2 Å². The molecule has 0 amide bonds. The van der Waals surface area contributed by atoms with Gasteiger partial charge in [-0.05, 0) is 31.0 Å². The Bertz CT molecular complexity index is 1120. The SMILES string of the molecule is Cn1c(=O)n(Cc2ccccc2)c(=O)c2cc(C(=O)OC[C@@H]3CCCN3)sc21. The number of nitrogens with one attached hydrogen (secondary N) is 1. The standard InChI is InChI=1S/C20H21N3O4S/c1-22-18-15(10-16(28-18)19(25)27-12-14-8-5-9-21-14)17(24)23(20(22)26)11-13-6-3-2-4-7-13/h2-4,6-7,10,14,21H,5,8-9,11-12H2,1H3/t14-/m0/s1. The quantitative estimate of drug-likeness (QED) is 0.661. The lowest BCUT2D eigenvalue weighted by atomic mass is 10.2. The van der Waals surface area contributed by atoms with Gasteiger partial charge in [0.2, 0.25) is 0 Å². The maximum Gasteiger partial charge on any atom is 0.348 e. The molecule has 0 aliphatic carbocycles. The van der Waals surface area contributed by atoms with Crippen LogP contribution >= 0.6 is 11.3 Å². The highest BCUT2D eigenvalue weighted by atomic mass is 32.1. The Balaban J connectivity index is 1.66. The molecule has 1 fully saturated rings. The number of thiophene rings is 1. The van der Waals surface area contributed by atoms with Crippen LogP contribution in [0.15, 0.2) is 46.0 Å². The van der Waals surface area contributed by atoms with E-state index in [0.717, 1.165) is 36.3 Å². The predicted octanol–water partition coefficient (Wildman–Crippen LogP) is 1.72. The second-order valence-electron chi connectivity index (χ2n) is 6.94. The molecule has 7 nitrogen and oxygen atoms in total. The van der Waals surface area contributed by atoms with Crippen LogP contribution in [0.2, 0.25) is 0 Å². The molecule has 146 valence electrons. The Kier molecular flexibility index (Phi) is 5.15. The molecule has 1 aliphatic heterocycles. The number of benzene rings is 1. The Labute approximate surface area is 165 Å². The molecular weight excluding hydrogens is 378 g/mol. The van der Waals surface area contributed by atoms with E-state index in [4.69, 9.17) is 4.74 Å². The van der Waals surface area contributed by atoms with Gasteiger partial charge in [0.15, 0.2) is 0 Å². The lowest BCUT2D eigenvalue weighted by Gasteiger charge is -2.09. The first kappa shape index (κ1) is 18.6. The van der Waals surface area contributed by atoms with Crippen LogP contribution in [0.3, 0.4) is 0 Å². The smallest absolute Gasteiger partial charge is 0.348 e. The first-order valence-electron chi connectivity index (χ1n) is 9.22. The molecule has 1 N–H and O–H groups in total. The summed E-state index contributed by atoms with van der Waals surface area (Å²) in [6.45, 7) is 1.43. The predicted molar refractivity (Wildman–Crippen MR) is 108 cm³/mol. The summed E-state index contributed by atoms with van der Waals surface area (Å²) in [6.07, 6.45) is 2.06. The number of rotatable bonds is 5. The fourth-order valence-electron chi connectivity index (χ4n) is 3.44. The second kappa shape index (κ2) is 7.73. The molecule has 3 aromatic rings. The summed E-state index contributed by atoms with van der Waals surface area (Å²) in [7, 11) is 1.61. The minimum atomic E-state index is -0.462. The van der Waals surface area contributed by atoms with E-state index in [9.17, 15) is 14.4 Å². The first-order valence-corrected chi connectivity index (χ1v) is 10.0. The Hall–Kier alpha value is -2.71. The van der Waals surface area contributed by atoms with Crippen molar-refractivity contribution >= 4 is 27.5 Å². The average molecular weight is 399 g/mol. The maximum atomic E-state index is 12.9. The van der Waals surface area contributed by atoms with Gasteiger partial charge in [0.05, 0.1) is 11.9 Å². The number of nitrogens with zero attached hydrogens (tertiary/aromatic N) is 2. The molecule has 1 aliphatic rings. The van der Waals surface area contributed by atoms with Crippen molar-refractivity contribution < 1.29 is 9.53 Å². The van der Waals surface area contributed by atoms with Crippen LogP contribution in [0.25, 0.3) is 10.2 Å². The van der Waals surface area contributed by atoms with Crippen LogP contribution in [-0.4, -0.2) is 34.3 Å². The zero-order valence-corrected chi connectivity index (χ0v) is 16.3. The molecule has 1 atom stereocenters. The highest BCUT2D eigenvalue weighted by molar-refractivity contribution is 7.20. The van der Waals surface area contributed by atoms with Crippen LogP contribution in [-0.2, 0) is 18.3 Å². The van der Waals surface area contributed by atoms with Crippen molar-refractivity contribution in [2.24, 2.45) is 7.05 Å². The minimum absolute atomic E-state index is 0.186. The van der Waals surface area contributed by atoms with Crippen LogP contribution < -0.4 is 16.6 Å². The van der Waals surface area contributed by atoms with Gasteiger partial charge < -0.3 is 10.1 Å². The second-order valence-corrected chi connectivity index (χ2v) is 7.97. The number of carbonyl (C=O) groups excluding carboxylic acids is 1. The molecule has 0 spiro atoms. The third-order valence-corrected chi connectivity index (χ3v) is 6.16. The van der Waals surface area contributed by atoms with E-state index in [0.29, 0.717) is 21.7 Å². The summed E-state index contributed by atoms with van der Waals surface area (Å²) in [5, 5.41) is 3.63. The van der Waals surface area contributed by atoms with Gasteiger partial charge in [0.1, 0.15) is 16.3 Å². The van der Waals surface area contributed by atoms with Crippen molar-refractivity contribution in [3.8, 4) is 0 Å². The molecule has 2 aromatic heterocycles. The van der Waals surface area contributed by atoms with Gasteiger partial charge in [-0.15, -0.1) is 11.3 Å². The number of esters is 1. The Morgan fingerprint density at radius 2 is 2.07 bits per heavy atom. The minimum Gasteiger partial charge on any atom is -0.460 e. The third kappa shape index (κ3) is 3.53. The molecule has 0 unspecified atom stereocenters. The summed E-state index contributed by atoms with van der Waals surface area (Å²) < 4.78 is 8.00. The molecule has 1 aromatic carbocycles. The molecule has 8 heteroatoms. The van der Waals surface area contributed by atoms with Crippen molar-refractivity contribution in [3.63, 3.8) is 0 Å². The van der Waals surface area contributed by atoms with Crippen LogP contribution in [0, 0.1) is 0 Å². The molecule has 0 saturated carbocycles. The number of carbonyl (C=O) groups is 1. The number of fused-ring (bicyclic) bond motifs is 1. The van der Waals surface area contributed by atoms with Crippen molar-refractivity contribution in [1.29, 1.82) is 0 Å². The average Bonchev–Trinajstić information content (AvgIpc) is 3.38. The molecule has 4 rings (SSSR count). The summed E-state index contributed by atoms with van der Waals surface area (Å²) in [6, 6.07) is 11.1. The van der Waals surface area contributed by atoms with Crippen molar-refractivity contribution in [2.45, 2.75) is 25.4 Å². The van der Waals surface area contributed by atoms with E-state index in [1.54, 1.807) is 7.05 Å². The Morgan fingerprint density at radius 3 is 2.79 bits per heavy atom. The van der Waals surface area contributed by atoms with E-state index >= 15 is 0 Å². The van der Waals surface area contributed by atoms with Gasteiger partial charge >= 0.3 is 11.7 Å². The topological polar surface area (TPSA) is 82.3 Å². The lowest BCUT2D eigenvalue weighted by molar-refractivity contribution is 0.0479. The maximum absolute atomic E-state index is 12.9. The van der Waals surface area contributed by atoms with E-state index < -0.39 is 17.2 Å². The summed E-state index contributed by atoms with van der Waals surface area (Å²) in [4.78, 5) is 38.8. The zero-order chi connectivity index (χ0) is 19.7. The normalized spacial score (nSPS) is 16.5. The number of aryl methyl sites for hydroxylation is 1. The highest BCUT2D eigenvalue weighted by Gasteiger charge is 2.21. The largest absolute Gasteiger partial charge is 0.460 e. The molecule has 0 bridgehead atoms. The third-order valence-electron chi connectivity index (χ3n) is 4.97. The summed E-state index contributed by atoms with van der Waals surface area (Å²) >= 11 is 1.11. The van der Waals surface area contributed by atoms with Gasteiger partial charge in [0.25, 0.3) is 5.56 Å². The number of aromatic nitrogens is 2. The number of hydrogen-bond acceptors (Lipinski definition) is 6. The monoisotopic (exact) mass is 399 g/mol. The summed E-state index contributed by atoms with van der Waals surface area (Å²) in [5.41, 5.74) is 0.0629. The first-order chi connectivity index (χ1) is 13.5.